The first-order valence-corrected chi connectivity index (χ1v) is 5.64. The lowest BCUT2D eigenvalue weighted by molar-refractivity contribution is -0.186. The van der Waals surface area contributed by atoms with Crippen LogP contribution in [0.2, 0.25) is 0 Å². The summed E-state index contributed by atoms with van der Waals surface area (Å²) in [6, 6.07) is -0.164. The molecule has 0 aromatic carbocycles. The number of nitrogens with one attached hydrogen (secondary N) is 2. The Morgan fingerprint density at radius 1 is 1.28 bits per heavy atom. The number of halogens is 3. The third-order valence-electron chi connectivity index (χ3n) is 2.73. The van der Waals surface area contributed by atoms with Crippen molar-refractivity contribution in [2.75, 3.05) is 26.7 Å². The number of carbonyl (C=O) groups excluding carboxylic acids is 2. The van der Waals surface area contributed by atoms with Crippen molar-refractivity contribution < 1.29 is 22.8 Å². The van der Waals surface area contributed by atoms with Crippen LogP contribution in [0.1, 0.15) is 12.8 Å². The van der Waals surface area contributed by atoms with E-state index in [0.29, 0.717) is 12.8 Å². The largest absolute Gasteiger partial charge is 0.471 e. The summed E-state index contributed by atoms with van der Waals surface area (Å²) in [6.07, 6.45) is -4.13. The van der Waals surface area contributed by atoms with Gasteiger partial charge >= 0.3 is 12.1 Å². The fraction of sp³-hybridized carbons (Fsp3) is 0.800. The van der Waals surface area contributed by atoms with E-state index < -0.39 is 12.1 Å². The van der Waals surface area contributed by atoms with Crippen molar-refractivity contribution in [3.8, 4) is 0 Å². The fourth-order valence-electron chi connectivity index (χ4n) is 1.85. The Hall–Kier alpha value is -1.31. The molecule has 5 nitrogen and oxygen atoms in total. The summed E-state index contributed by atoms with van der Waals surface area (Å²) in [4.78, 5) is 23.0. The van der Waals surface area contributed by atoms with Gasteiger partial charge in [-0.05, 0) is 19.9 Å². The van der Waals surface area contributed by atoms with Gasteiger partial charge in [-0.25, -0.2) is 0 Å². The first-order valence-electron chi connectivity index (χ1n) is 5.64. The second-order valence-electron chi connectivity index (χ2n) is 4.16. The summed E-state index contributed by atoms with van der Waals surface area (Å²) in [5.41, 5.74) is 0. The van der Waals surface area contributed by atoms with Crippen molar-refractivity contribution in [1.82, 2.24) is 15.5 Å². The normalized spacial score (nSPS) is 17.7. The molecule has 0 saturated carbocycles. The molecule has 0 atom stereocenters. The van der Waals surface area contributed by atoms with Gasteiger partial charge in [0.15, 0.2) is 0 Å². The summed E-state index contributed by atoms with van der Waals surface area (Å²) in [5, 5.41) is 5.38. The Balaban J connectivity index is 2.37. The van der Waals surface area contributed by atoms with E-state index in [1.165, 1.54) is 0 Å². The van der Waals surface area contributed by atoms with Crippen molar-refractivity contribution in [3.05, 3.63) is 0 Å². The van der Waals surface area contributed by atoms with Crippen LogP contribution in [0, 0.1) is 0 Å². The average molecular weight is 267 g/mol. The highest BCUT2D eigenvalue weighted by molar-refractivity contribution is 5.82. The van der Waals surface area contributed by atoms with E-state index in [2.05, 4.69) is 10.6 Å². The maximum atomic E-state index is 12.2. The molecule has 1 heterocycles. The molecule has 0 unspecified atom stereocenters. The highest BCUT2D eigenvalue weighted by atomic mass is 19.4. The lowest BCUT2D eigenvalue weighted by Gasteiger charge is -2.32. The Morgan fingerprint density at radius 3 is 2.28 bits per heavy atom. The van der Waals surface area contributed by atoms with E-state index >= 15 is 0 Å². The smallest absolute Gasteiger partial charge is 0.352 e. The molecular weight excluding hydrogens is 251 g/mol. The standard InChI is InChI=1S/C10H16F3N3O2/c1-14-6-8(17)15-7-2-4-16(5-3-7)9(18)10(11,12)13/h7,14H,2-6H2,1H3,(H,15,17). The number of likely N-dealkylation sites (N-methyl/N-ethyl adjacent to an activating group) is 1. The molecule has 1 saturated heterocycles. The molecule has 104 valence electrons. The van der Waals surface area contributed by atoms with Gasteiger partial charge in [0, 0.05) is 19.1 Å². The van der Waals surface area contributed by atoms with E-state index in [9.17, 15) is 22.8 Å². The number of likely N-dealkylation sites (tertiary alicyclic amines) is 1. The SMILES string of the molecule is CNCC(=O)NC1CCN(C(=O)C(F)(F)F)CC1. The van der Waals surface area contributed by atoms with Gasteiger partial charge in [-0.3, -0.25) is 9.59 Å². The zero-order valence-electron chi connectivity index (χ0n) is 10.0. The van der Waals surface area contributed by atoms with Gasteiger partial charge in [0.1, 0.15) is 0 Å². The number of hydrogen-bond acceptors (Lipinski definition) is 3. The van der Waals surface area contributed by atoms with Crippen LogP contribution in [0.15, 0.2) is 0 Å². The molecule has 0 spiro atoms. The molecule has 18 heavy (non-hydrogen) atoms. The number of alkyl halides is 3. The van der Waals surface area contributed by atoms with Gasteiger partial charge in [-0.15, -0.1) is 0 Å². The number of piperidine rings is 1. The summed E-state index contributed by atoms with van der Waals surface area (Å²) in [7, 11) is 1.63. The van der Waals surface area contributed by atoms with Crippen LogP contribution in [0.5, 0.6) is 0 Å². The van der Waals surface area contributed by atoms with Gasteiger partial charge in [-0.2, -0.15) is 13.2 Å². The van der Waals surface area contributed by atoms with Crippen molar-refractivity contribution in [2.45, 2.75) is 25.1 Å². The van der Waals surface area contributed by atoms with Gasteiger partial charge in [0.25, 0.3) is 0 Å². The maximum Gasteiger partial charge on any atom is 0.471 e. The third kappa shape index (κ3) is 4.17. The van der Waals surface area contributed by atoms with Crippen LogP contribution in [0.3, 0.4) is 0 Å². The zero-order valence-corrected chi connectivity index (χ0v) is 10.0. The van der Waals surface area contributed by atoms with Gasteiger partial charge in [0.05, 0.1) is 6.54 Å². The molecule has 1 fully saturated rings. The quantitative estimate of drug-likeness (QED) is 0.749. The highest BCUT2D eigenvalue weighted by Crippen LogP contribution is 2.21. The van der Waals surface area contributed by atoms with Gasteiger partial charge < -0.3 is 15.5 Å². The molecule has 0 bridgehead atoms. The molecule has 8 heteroatoms. The summed E-state index contributed by atoms with van der Waals surface area (Å²) >= 11 is 0. The van der Waals surface area contributed by atoms with E-state index in [0.717, 1.165) is 4.90 Å². The van der Waals surface area contributed by atoms with Crippen LogP contribution in [-0.4, -0.2) is 55.6 Å². The minimum atomic E-state index is -4.82. The van der Waals surface area contributed by atoms with Gasteiger partial charge in [-0.1, -0.05) is 0 Å². The Kier molecular flexibility index (Phi) is 4.94. The van der Waals surface area contributed by atoms with Crippen LogP contribution < -0.4 is 10.6 Å². The zero-order chi connectivity index (χ0) is 13.8. The predicted molar refractivity (Wildman–Crippen MR) is 57.7 cm³/mol. The molecular formula is C10H16F3N3O2. The van der Waals surface area contributed by atoms with Crippen LogP contribution in [0.4, 0.5) is 13.2 Å². The Morgan fingerprint density at radius 2 is 1.83 bits per heavy atom. The monoisotopic (exact) mass is 267 g/mol. The van der Waals surface area contributed by atoms with Crippen LogP contribution in [-0.2, 0) is 9.59 Å². The molecule has 1 aliphatic heterocycles. The highest BCUT2D eigenvalue weighted by Gasteiger charge is 2.43. The average Bonchev–Trinajstić information content (AvgIpc) is 2.28. The summed E-state index contributed by atoms with van der Waals surface area (Å²) in [5.74, 6) is -2.00. The lowest BCUT2D eigenvalue weighted by atomic mass is 10.0. The van der Waals surface area contributed by atoms with Crippen molar-refractivity contribution in [2.24, 2.45) is 0 Å². The summed E-state index contributed by atoms with van der Waals surface area (Å²) < 4.78 is 36.5. The molecule has 0 aliphatic carbocycles. The molecule has 2 N–H and O–H groups in total. The fourth-order valence-corrected chi connectivity index (χ4v) is 1.85. The number of rotatable bonds is 3. The molecule has 0 radical (unpaired) electrons. The van der Waals surface area contributed by atoms with E-state index in [-0.39, 0.29) is 31.6 Å². The summed E-state index contributed by atoms with van der Waals surface area (Å²) in [6.45, 7) is 0.202. The number of hydrogen-bond donors (Lipinski definition) is 2. The molecule has 0 aromatic rings. The first kappa shape index (κ1) is 14.7. The van der Waals surface area contributed by atoms with Crippen molar-refractivity contribution in [3.63, 3.8) is 0 Å². The number of nitrogens with zero attached hydrogens (tertiary/aromatic N) is 1. The number of amides is 2. The Bertz CT molecular complexity index is 312. The predicted octanol–water partition coefficient (Wildman–Crippen LogP) is -0.125. The van der Waals surface area contributed by atoms with Crippen molar-refractivity contribution in [1.29, 1.82) is 0 Å². The minimum Gasteiger partial charge on any atom is -0.352 e. The van der Waals surface area contributed by atoms with Gasteiger partial charge in [0.2, 0.25) is 5.91 Å². The van der Waals surface area contributed by atoms with Crippen LogP contribution >= 0.6 is 0 Å². The number of carbonyl (C=O) groups is 2. The molecule has 2 amide bonds. The van der Waals surface area contributed by atoms with E-state index in [1.54, 1.807) is 7.05 Å². The second-order valence-corrected chi connectivity index (χ2v) is 4.16. The maximum absolute atomic E-state index is 12.2. The lowest BCUT2D eigenvalue weighted by Crippen LogP contribution is -2.50. The topological polar surface area (TPSA) is 61.4 Å². The molecule has 0 aromatic heterocycles. The van der Waals surface area contributed by atoms with Crippen molar-refractivity contribution >= 4 is 11.8 Å². The minimum absolute atomic E-state index is 0.0167. The third-order valence-corrected chi connectivity index (χ3v) is 2.73. The second kappa shape index (κ2) is 6.03. The van der Waals surface area contributed by atoms with Crippen LogP contribution in [0.25, 0.3) is 0 Å². The first-order chi connectivity index (χ1) is 8.34. The Labute approximate surface area is 103 Å². The molecule has 1 aliphatic rings. The molecule has 1 rings (SSSR count). The van der Waals surface area contributed by atoms with E-state index in [4.69, 9.17) is 0 Å². The van der Waals surface area contributed by atoms with E-state index in [1.807, 2.05) is 0 Å².